The highest BCUT2D eigenvalue weighted by molar-refractivity contribution is 5.77. The predicted octanol–water partition coefficient (Wildman–Crippen LogP) is 2.55. The van der Waals surface area contributed by atoms with E-state index in [1.54, 1.807) is 0 Å². The topological polar surface area (TPSA) is 26.3 Å². The summed E-state index contributed by atoms with van der Waals surface area (Å²) in [5.74, 6) is -2.50. The molecule has 0 N–H and O–H groups in total. The van der Waals surface area contributed by atoms with Crippen LogP contribution in [0.5, 0.6) is 0 Å². The zero-order chi connectivity index (χ0) is 11.6. The fourth-order valence-electron chi connectivity index (χ4n) is 1.30. The molecule has 0 heterocycles. The van der Waals surface area contributed by atoms with Gasteiger partial charge in [0.25, 0.3) is 0 Å². The third-order valence-electron chi connectivity index (χ3n) is 2.30. The van der Waals surface area contributed by atoms with Crippen LogP contribution in [0.3, 0.4) is 0 Å². The molecule has 0 spiro atoms. The van der Waals surface area contributed by atoms with Gasteiger partial charge < -0.3 is 4.74 Å². The Kier molecular flexibility index (Phi) is 3.39. The van der Waals surface area contributed by atoms with Gasteiger partial charge in [0, 0.05) is 5.56 Å². The molecule has 1 aromatic carbocycles. The van der Waals surface area contributed by atoms with Gasteiger partial charge in [0.2, 0.25) is 0 Å². The van der Waals surface area contributed by atoms with E-state index in [0.717, 1.165) is 12.1 Å². The van der Waals surface area contributed by atoms with E-state index in [1.165, 1.54) is 21.0 Å². The van der Waals surface area contributed by atoms with Crippen molar-refractivity contribution < 1.29 is 18.3 Å². The number of benzene rings is 1. The van der Waals surface area contributed by atoms with Crippen LogP contribution in [-0.4, -0.2) is 13.1 Å². The number of rotatable bonds is 2. The summed E-state index contributed by atoms with van der Waals surface area (Å²) in [6.45, 7) is 2.93. The van der Waals surface area contributed by atoms with Crippen molar-refractivity contribution in [1.82, 2.24) is 0 Å². The second-order valence-corrected chi connectivity index (χ2v) is 3.37. The van der Waals surface area contributed by atoms with E-state index < -0.39 is 23.5 Å². The Morgan fingerprint density at radius 2 is 1.93 bits per heavy atom. The lowest BCUT2D eigenvalue weighted by Gasteiger charge is -2.11. The molecule has 0 bridgehead atoms. The van der Waals surface area contributed by atoms with Crippen LogP contribution in [0, 0.1) is 18.6 Å². The zero-order valence-corrected chi connectivity index (χ0v) is 8.80. The van der Waals surface area contributed by atoms with E-state index in [2.05, 4.69) is 4.74 Å². The molecule has 1 atom stereocenters. The highest BCUT2D eigenvalue weighted by Crippen LogP contribution is 2.23. The van der Waals surface area contributed by atoms with E-state index in [9.17, 15) is 13.6 Å². The minimum absolute atomic E-state index is 0.0185. The summed E-state index contributed by atoms with van der Waals surface area (Å²) in [5, 5.41) is 0. The summed E-state index contributed by atoms with van der Waals surface area (Å²) in [4.78, 5) is 11.1. The quantitative estimate of drug-likeness (QED) is 0.707. The third kappa shape index (κ3) is 2.32. The molecular formula is C11H12F2O2. The molecule has 0 amide bonds. The lowest BCUT2D eigenvalue weighted by molar-refractivity contribution is -0.142. The molecule has 0 radical (unpaired) electrons. The minimum Gasteiger partial charge on any atom is -0.469 e. The van der Waals surface area contributed by atoms with Gasteiger partial charge in [0.05, 0.1) is 13.0 Å². The Bertz CT molecular complexity index is 388. The lowest BCUT2D eigenvalue weighted by Crippen LogP contribution is -2.13. The minimum atomic E-state index is -0.801. The van der Waals surface area contributed by atoms with E-state index in [1.807, 2.05) is 0 Å². The van der Waals surface area contributed by atoms with E-state index in [0.29, 0.717) is 0 Å². The van der Waals surface area contributed by atoms with Crippen LogP contribution < -0.4 is 0 Å². The Labute approximate surface area is 86.9 Å². The van der Waals surface area contributed by atoms with Crippen molar-refractivity contribution in [3.05, 3.63) is 34.9 Å². The first-order valence-corrected chi connectivity index (χ1v) is 4.50. The maximum absolute atomic E-state index is 13.4. The van der Waals surface area contributed by atoms with Crippen molar-refractivity contribution in [1.29, 1.82) is 0 Å². The molecule has 0 unspecified atom stereocenters. The van der Waals surface area contributed by atoms with E-state index in [-0.39, 0.29) is 11.1 Å². The highest BCUT2D eigenvalue weighted by Gasteiger charge is 2.20. The summed E-state index contributed by atoms with van der Waals surface area (Å²) in [5.41, 5.74) is 0.235. The number of aryl methyl sites for hydroxylation is 1. The number of ether oxygens (including phenoxy) is 1. The molecule has 0 saturated carbocycles. The molecule has 1 aromatic rings. The van der Waals surface area contributed by atoms with Crippen LogP contribution in [0.25, 0.3) is 0 Å². The largest absolute Gasteiger partial charge is 0.469 e. The van der Waals surface area contributed by atoms with Gasteiger partial charge in [-0.3, -0.25) is 4.79 Å². The van der Waals surface area contributed by atoms with Crippen LogP contribution in [0.2, 0.25) is 0 Å². The number of hydrogen-bond acceptors (Lipinski definition) is 2. The standard InChI is InChI=1S/C11H12F2O2/c1-6-4-10(13)8(5-9(6)12)7(2)11(14)15-3/h4-5,7H,1-3H3/t7-/m1/s1. The van der Waals surface area contributed by atoms with Gasteiger partial charge in [-0.1, -0.05) is 0 Å². The van der Waals surface area contributed by atoms with Gasteiger partial charge in [-0.15, -0.1) is 0 Å². The number of methoxy groups -OCH3 is 1. The molecule has 82 valence electrons. The summed E-state index contributed by atoms with van der Waals surface area (Å²) in [6, 6.07) is 2.11. The molecule has 1 rings (SSSR count). The fourth-order valence-corrected chi connectivity index (χ4v) is 1.30. The highest BCUT2D eigenvalue weighted by atomic mass is 19.1. The Balaban J connectivity index is 3.14. The first-order valence-electron chi connectivity index (χ1n) is 4.50. The molecule has 15 heavy (non-hydrogen) atoms. The predicted molar refractivity (Wildman–Crippen MR) is 51.5 cm³/mol. The van der Waals surface area contributed by atoms with Gasteiger partial charge >= 0.3 is 5.97 Å². The number of carbonyl (C=O) groups excluding carboxylic acids is 1. The van der Waals surface area contributed by atoms with E-state index >= 15 is 0 Å². The monoisotopic (exact) mass is 214 g/mol. The normalized spacial score (nSPS) is 12.3. The second-order valence-electron chi connectivity index (χ2n) is 3.37. The number of halogens is 2. The Morgan fingerprint density at radius 3 is 2.47 bits per heavy atom. The third-order valence-corrected chi connectivity index (χ3v) is 2.30. The van der Waals surface area contributed by atoms with Gasteiger partial charge in [0.15, 0.2) is 0 Å². The van der Waals surface area contributed by atoms with Gasteiger partial charge in [0.1, 0.15) is 11.6 Å². The van der Waals surface area contributed by atoms with Crippen LogP contribution in [0.1, 0.15) is 24.0 Å². The van der Waals surface area contributed by atoms with Crippen LogP contribution in [-0.2, 0) is 9.53 Å². The van der Waals surface area contributed by atoms with Gasteiger partial charge in [-0.05, 0) is 31.5 Å². The molecule has 2 nitrogen and oxygen atoms in total. The molecule has 0 fully saturated rings. The summed E-state index contributed by atoms with van der Waals surface area (Å²) >= 11 is 0. The summed E-state index contributed by atoms with van der Waals surface area (Å²) in [7, 11) is 1.21. The fraction of sp³-hybridized carbons (Fsp3) is 0.364. The van der Waals surface area contributed by atoms with Crippen molar-refractivity contribution in [2.24, 2.45) is 0 Å². The Hall–Kier alpha value is -1.45. The van der Waals surface area contributed by atoms with Crippen molar-refractivity contribution >= 4 is 5.97 Å². The summed E-state index contributed by atoms with van der Waals surface area (Å²) in [6.07, 6.45) is 0. The van der Waals surface area contributed by atoms with Gasteiger partial charge in [-0.2, -0.15) is 0 Å². The average Bonchev–Trinajstić information content (AvgIpc) is 2.21. The number of hydrogen-bond donors (Lipinski definition) is 0. The first kappa shape index (κ1) is 11.6. The Morgan fingerprint density at radius 1 is 1.33 bits per heavy atom. The van der Waals surface area contributed by atoms with Crippen molar-refractivity contribution in [2.45, 2.75) is 19.8 Å². The smallest absolute Gasteiger partial charge is 0.312 e. The van der Waals surface area contributed by atoms with E-state index in [4.69, 9.17) is 0 Å². The van der Waals surface area contributed by atoms with Crippen molar-refractivity contribution in [3.8, 4) is 0 Å². The molecule has 0 aliphatic heterocycles. The summed E-state index contributed by atoms with van der Waals surface area (Å²) < 4.78 is 31.0. The maximum Gasteiger partial charge on any atom is 0.312 e. The van der Waals surface area contributed by atoms with Crippen molar-refractivity contribution in [2.75, 3.05) is 7.11 Å². The van der Waals surface area contributed by atoms with Crippen LogP contribution in [0.4, 0.5) is 8.78 Å². The lowest BCUT2D eigenvalue weighted by atomic mass is 9.99. The second kappa shape index (κ2) is 4.38. The molecule has 0 aliphatic carbocycles. The number of esters is 1. The van der Waals surface area contributed by atoms with Gasteiger partial charge in [-0.25, -0.2) is 8.78 Å². The molecule has 0 aliphatic rings. The molecule has 0 saturated heterocycles. The average molecular weight is 214 g/mol. The molecular weight excluding hydrogens is 202 g/mol. The molecule has 4 heteroatoms. The zero-order valence-electron chi connectivity index (χ0n) is 8.80. The number of carbonyl (C=O) groups is 1. The maximum atomic E-state index is 13.4. The van der Waals surface area contributed by atoms with Crippen molar-refractivity contribution in [3.63, 3.8) is 0 Å². The first-order chi connectivity index (χ1) is 6.97. The molecule has 0 aromatic heterocycles. The van der Waals surface area contributed by atoms with Crippen LogP contribution >= 0.6 is 0 Å². The SMILES string of the molecule is COC(=O)[C@H](C)c1cc(F)c(C)cc1F. The van der Waals surface area contributed by atoms with Crippen LogP contribution in [0.15, 0.2) is 12.1 Å².